The van der Waals surface area contributed by atoms with Gasteiger partial charge in [0, 0.05) is 29.0 Å². The molecular formula is C28H24F3N4O4S2+. The van der Waals surface area contributed by atoms with Crippen LogP contribution in [0.4, 0.5) is 13.2 Å². The second-order valence-electron chi connectivity index (χ2n) is 9.74. The summed E-state index contributed by atoms with van der Waals surface area (Å²) < 4.78 is 65.8. The van der Waals surface area contributed by atoms with Gasteiger partial charge in [-0.15, -0.1) is 16.5 Å². The summed E-state index contributed by atoms with van der Waals surface area (Å²) in [5.74, 6) is 2.39. The van der Waals surface area contributed by atoms with E-state index in [1.54, 1.807) is 4.68 Å². The number of carbonyl (C=O) groups is 1. The predicted octanol–water partition coefficient (Wildman–Crippen LogP) is 5.43. The molecule has 0 saturated heterocycles. The molecule has 5 rings (SSSR count). The molecule has 4 aromatic rings. The molecule has 1 fully saturated rings. The number of halogens is 3. The van der Waals surface area contributed by atoms with Crippen LogP contribution in [0.15, 0.2) is 46.7 Å². The fourth-order valence-corrected chi connectivity index (χ4v) is 5.74. The summed E-state index contributed by atoms with van der Waals surface area (Å²) in [6.07, 6.45) is 1.21. The minimum atomic E-state index is -4.02. The van der Waals surface area contributed by atoms with Crippen molar-refractivity contribution in [3.8, 4) is 28.2 Å². The van der Waals surface area contributed by atoms with E-state index in [0.717, 1.165) is 42.0 Å². The van der Waals surface area contributed by atoms with E-state index >= 15 is 0 Å². The van der Waals surface area contributed by atoms with E-state index in [0.29, 0.717) is 39.9 Å². The zero-order valence-corrected chi connectivity index (χ0v) is 23.2. The average molecular weight is 602 g/mol. The lowest BCUT2D eigenvalue weighted by Gasteiger charge is -2.10. The quantitative estimate of drug-likeness (QED) is 0.182. The zero-order valence-electron chi connectivity index (χ0n) is 21.6. The van der Waals surface area contributed by atoms with Gasteiger partial charge in [-0.25, -0.2) is 27.6 Å². The monoisotopic (exact) mass is 601 g/mol. The van der Waals surface area contributed by atoms with Crippen LogP contribution in [0.5, 0.6) is 0 Å². The van der Waals surface area contributed by atoms with E-state index < -0.39 is 39.1 Å². The number of benzene rings is 2. The molecule has 1 aliphatic rings. The van der Waals surface area contributed by atoms with Gasteiger partial charge in [0.1, 0.15) is 5.82 Å². The molecule has 2 atom stereocenters. The Hall–Kier alpha value is -3.83. The molecule has 2 unspecified atom stereocenters. The summed E-state index contributed by atoms with van der Waals surface area (Å²) in [6, 6.07) is 7.91. The molecule has 0 bridgehead atoms. The van der Waals surface area contributed by atoms with Crippen molar-refractivity contribution >= 4 is 27.7 Å². The number of rotatable bonds is 8. The van der Waals surface area contributed by atoms with Crippen molar-refractivity contribution in [3.05, 3.63) is 81.5 Å². The van der Waals surface area contributed by atoms with Crippen molar-refractivity contribution in [2.45, 2.75) is 43.7 Å². The summed E-state index contributed by atoms with van der Waals surface area (Å²) in [4.78, 5) is 15.2. The number of nitrogens with two attached hydrogens (primary N) is 1. The third-order valence-electron chi connectivity index (χ3n) is 6.50. The van der Waals surface area contributed by atoms with E-state index in [-0.39, 0.29) is 17.7 Å². The SMILES string of the molecule is CC(F)C#Cc1cc(-c2nn(-c3nc(C(=O)O)cs3)c(CC3CC3)c2Cc2ccc([S+](N)(=O)O)c(F)c2)ccc1F. The average Bonchev–Trinajstić information content (AvgIpc) is 3.45. The van der Waals surface area contributed by atoms with Gasteiger partial charge in [0.15, 0.2) is 17.7 Å². The Kier molecular flexibility index (Phi) is 7.85. The molecule has 41 heavy (non-hydrogen) atoms. The third-order valence-corrected chi connectivity index (χ3v) is 8.28. The van der Waals surface area contributed by atoms with E-state index in [2.05, 4.69) is 16.8 Å². The molecule has 2 heterocycles. The smallest absolute Gasteiger partial charge is 0.355 e. The largest absolute Gasteiger partial charge is 0.476 e. The predicted molar refractivity (Wildman–Crippen MR) is 148 cm³/mol. The minimum absolute atomic E-state index is 0.0327. The van der Waals surface area contributed by atoms with Gasteiger partial charge in [-0.05, 0) is 66.1 Å². The molecule has 4 N–H and O–H groups in total. The molecule has 0 amide bonds. The number of carboxylic acids is 1. The van der Waals surface area contributed by atoms with Crippen LogP contribution in [-0.4, -0.2) is 36.6 Å². The highest BCUT2D eigenvalue weighted by Gasteiger charge is 2.31. The normalized spacial score (nSPS) is 15.2. The van der Waals surface area contributed by atoms with Gasteiger partial charge in [-0.2, -0.15) is 9.65 Å². The van der Waals surface area contributed by atoms with Crippen LogP contribution in [0.2, 0.25) is 0 Å². The first-order valence-electron chi connectivity index (χ1n) is 12.5. The van der Waals surface area contributed by atoms with Crippen molar-refractivity contribution in [1.82, 2.24) is 14.8 Å². The molecule has 1 saturated carbocycles. The number of aromatic nitrogens is 3. The van der Waals surface area contributed by atoms with Gasteiger partial charge in [0.05, 0.1) is 17.0 Å². The standard InChI is InChI=1S/C28H23F3N4O4S2/c1-15(29)2-6-18-13-19(7-8-21(18)30)26-20(10-17-5-9-25(22(31)11-17)41(32,38)39)24(12-16-3-4-16)35(34-26)28-33-23(14-40-28)27(36)37/h5,7-9,11,13-16H,3-4,10,12H2,1H3,(H3-,32,36,37,38,39)/p+1. The lowest BCUT2D eigenvalue weighted by molar-refractivity contribution is 0.0691. The summed E-state index contributed by atoms with van der Waals surface area (Å²) in [5.41, 5.74) is 2.50. The number of aromatic carboxylic acids is 1. The second kappa shape index (κ2) is 11.2. The summed E-state index contributed by atoms with van der Waals surface area (Å²) in [6.45, 7) is 1.24. The van der Waals surface area contributed by atoms with Crippen LogP contribution in [0, 0.1) is 29.4 Å². The fraction of sp³-hybridized carbons (Fsp3) is 0.250. The van der Waals surface area contributed by atoms with E-state index in [1.165, 1.54) is 36.6 Å². The first-order chi connectivity index (χ1) is 19.4. The number of thiazole rings is 1. The summed E-state index contributed by atoms with van der Waals surface area (Å²) >= 11 is 1.09. The number of hydrogen-bond acceptors (Lipinski definition) is 5. The molecule has 2 aromatic carbocycles. The van der Waals surface area contributed by atoms with Crippen LogP contribution in [-0.2, 0) is 27.5 Å². The zero-order chi connectivity index (χ0) is 29.5. The van der Waals surface area contributed by atoms with Crippen LogP contribution < -0.4 is 5.14 Å². The Morgan fingerprint density at radius 3 is 2.61 bits per heavy atom. The van der Waals surface area contributed by atoms with Gasteiger partial charge in [0.25, 0.3) is 0 Å². The summed E-state index contributed by atoms with van der Waals surface area (Å²) in [7, 11) is -4.02. The number of carboxylic acid groups (broad SMARTS) is 1. The number of alkyl halides is 1. The van der Waals surface area contributed by atoms with Crippen molar-refractivity contribution < 1.29 is 31.8 Å². The van der Waals surface area contributed by atoms with E-state index in [1.807, 2.05) is 0 Å². The second-order valence-corrected chi connectivity index (χ2v) is 12.2. The molecule has 212 valence electrons. The van der Waals surface area contributed by atoms with Crippen molar-refractivity contribution in [1.29, 1.82) is 0 Å². The Morgan fingerprint density at radius 2 is 2.00 bits per heavy atom. The van der Waals surface area contributed by atoms with Gasteiger partial charge in [-0.3, -0.25) is 0 Å². The third kappa shape index (κ3) is 6.41. The van der Waals surface area contributed by atoms with Crippen molar-refractivity contribution in [2.24, 2.45) is 11.1 Å². The van der Waals surface area contributed by atoms with Gasteiger partial charge < -0.3 is 5.11 Å². The first kappa shape index (κ1) is 28.7. The Balaban J connectivity index is 1.70. The van der Waals surface area contributed by atoms with Crippen LogP contribution >= 0.6 is 11.3 Å². The van der Waals surface area contributed by atoms with Crippen LogP contribution in [0.1, 0.15) is 52.6 Å². The Labute approximate surface area is 238 Å². The highest BCUT2D eigenvalue weighted by molar-refractivity contribution is 7.95. The molecule has 13 heteroatoms. The Morgan fingerprint density at radius 1 is 1.24 bits per heavy atom. The van der Waals surface area contributed by atoms with Crippen LogP contribution in [0.25, 0.3) is 16.4 Å². The first-order valence-corrected chi connectivity index (χ1v) is 14.9. The van der Waals surface area contributed by atoms with Gasteiger partial charge in [0.2, 0.25) is 10.0 Å². The molecule has 1 aliphatic carbocycles. The summed E-state index contributed by atoms with van der Waals surface area (Å²) in [5, 5.41) is 21.1. The Bertz CT molecular complexity index is 1760. The lowest BCUT2D eigenvalue weighted by atomic mass is 9.96. The van der Waals surface area contributed by atoms with Gasteiger partial charge >= 0.3 is 16.4 Å². The molecular weight excluding hydrogens is 577 g/mol. The maximum Gasteiger partial charge on any atom is 0.355 e. The highest BCUT2D eigenvalue weighted by Crippen LogP contribution is 2.38. The van der Waals surface area contributed by atoms with Crippen molar-refractivity contribution in [2.75, 3.05) is 0 Å². The maximum absolute atomic E-state index is 14.8. The lowest BCUT2D eigenvalue weighted by Crippen LogP contribution is -2.22. The highest BCUT2D eigenvalue weighted by atomic mass is 32.3. The topological polar surface area (TPSA) is 131 Å². The van der Waals surface area contributed by atoms with Gasteiger partial charge in [-0.1, -0.05) is 17.9 Å². The minimum Gasteiger partial charge on any atom is -0.476 e. The number of hydrogen-bond donors (Lipinski definition) is 3. The molecule has 0 spiro atoms. The molecule has 0 aliphatic heterocycles. The van der Waals surface area contributed by atoms with E-state index in [4.69, 9.17) is 10.2 Å². The van der Waals surface area contributed by atoms with Crippen LogP contribution in [0.3, 0.4) is 0 Å². The molecule has 2 aromatic heterocycles. The molecule has 8 nitrogen and oxygen atoms in total. The fourth-order valence-electron chi connectivity index (χ4n) is 4.37. The maximum atomic E-state index is 14.8. The molecule has 0 radical (unpaired) electrons. The van der Waals surface area contributed by atoms with Crippen molar-refractivity contribution in [3.63, 3.8) is 0 Å². The number of nitrogens with zero attached hydrogens (tertiary/aromatic N) is 3. The van der Waals surface area contributed by atoms with E-state index in [9.17, 15) is 31.8 Å².